The van der Waals surface area contributed by atoms with Crippen molar-refractivity contribution in [1.82, 2.24) is 90.4 Å². The third-order valence-corrected chi connectivity index (χ3v) is 29.7. The summed E-state index contributed by atoms with van der Waals surface area (Å²) in [6.07, 6.45) is 22.2. The van der Waals surface area contributed by atoms with E-state index < -0.39 is 0 Å². The van der Waals surface area contributed by atoms with Crippen LogP contribution in [0.4, 0.5) is 63.6 Å². The zero-order valence-electron chi connectivity index (χ0n) is 82.7. The highest BCUT2D eigenvalue weighted by Crippen LogP contribution is 2.57. The second-order valence-electron chi connectivity index (χ2n) is 43.5. The van der Waals surface area contributed by atoms with Crippen molar-refractivity contribution >= 4 is 46.0 Å². The minimum atomic E-state index is -0.292. The Kier molecular flexibility index (Phi) is 24.2. The van der Waals surface area contributed by atoms with E-state index >= 15 is 0 Å². The number of ether oxygens (including phenoxy) is 4. The van der Waals surface area contributed by atoms with E-state index in [-0.39, 0.29) is 80.4 Å². The molecular weight excluding hydrogens is 1790 g/mol. The lowest BCUT2D eigenvalue weighted by atomic mass is 9.66. The van der Waals surface area contributed by atoms with E-state index in [0.29, 0.717) is 91.1 Å². The van der Waals surface area contributed by atoms with Gasteiger partial charge in [-0.3, -0.25) is 0 Å². The van der Waals surface area contributed by atoms with Gasteiger partial charge in [0.1, 0.15) is 69.8 Å². The van der Waals surface area contributed by atoms with E-state index in [1.54, 1.807) is 80.9 Å². The molecule has 4 aromatic carbocycles. The highest BCUT2D eigenvalue weighted by atomic mass is 19.1. The van der Waals surface area contributed by atoms with Crippen LogP contribution in [-0.4, -0.2) is 198 Å². The standard InChI is InChI=1S/C27H32FN7O.3C26H30FN7O/c1-27(2,3)25-31-11-16(12-32-25)36-26-33-22-10-18-19(8-15(28)9-21(18)30-4)23(22)24(34-26)35-6-5-17-14(13-35)7-20(17)29;1-25(2,3)23-30-10-15(11-31-23)35-24-32-19-9-16-17(7-14(27)8-18(16)29-4)21(19)22(33-24)34-12-20(28)26(13-34)5-6-26;1-26(2,3)24-30-10-16(11-31-24)35-25-32-20-9-17-18(7-15(27)8-19(17)28-4)22(20)23(33-25)34-12-14-5-6-29-21(14)13-34;1-26(2,3)24-30-11-16(12-31-24)35-25-32-20-9-17-18(7-15(27)8-19(17)28-4)22(20)23(33-25)34-6-5-14-10-29-21(14)13-34/h8-9,11-12,14,17,20,30H,5-7,10,13,29H2,1-4H3;7-8,10-11,20,29H,5-6,9,12-13,28H2,1-4H3;7-8,10-11,14,21,28-29H,5-6,9,12-13H2,1-4H3;7-8,11-12,14,21,28-29H,5-6,9-10,13H2,1-4H3/t;20-;;/m.0../s1. The van der Waals surface area contributed by atoms with Crippen molar-refractivity contribution in [3.63, 3.8) is 0 Å². The summed E-state index contributed by atoms with van der Waals surface area (Å²) in [4.78, 5) is 83.3. The number of aromatic nitrogens is 16. The molecule has 10 N–H and O–H groups in total. The van der Waals surface area contributed by atoms with Gasteiger partial charge in [-0.05, 0) is 168 Å². The maximum Gasteiger partial charge on any atom is 0.324 e. The molecule has 12 aliphatic rings. The first-order valence-electron chi connectivity index (χ1n) is 49.1. The van der Waals surface area contributed by atoms with E-state index in [9.17, 15) is 17.6 Å². The summed E-state index contributed by atoms with van der Waals surface area (Å²) in [7, 11) is 7.24. The number of halogens is 4. The third-order valence-electron chi connectivity index (χ3n) is 29.7. The molecule has 32 nitrogen and oxygen atoms in total. The molecule has 8 aromatic heterocycles. The normalized spacial score (nSPS) is 20.8. The Balaban J connectivity index is 0.000000111. The molecule has 2 saturated carbocycles. The smallest absolute Gasteiger partial charge is 0.324 e. The molecule has 734 valence electrons. The van der Waals surface area contributed by atoms with Crippen molar-refractivity contribution in [2.75, 3.05) is 135 Å². The Labute approximate surface area is 818 Å². The first kappa shape index (κ1) is 93.9. The van der Waals surface area contributed by atoms with Crippen molar-refractivity contribution in [2.24, 2.45) is 40.6 Å². The van der Waals surface area contributed by atoms with Gasteiger partial charge in [0.25, 0.3) is 0 Å². The summed E-state index contributed by atoms with van der Waals surface area (Å²) < 4.78 is 82.5. The van der Waals surface area contributed by atoms with Gasteiger partial charge in [0, 0.05) is 202 Å². The maximum absolute atomic E-state index is 14.6. The highest BCUT2D eigenvalue weighted by molar-refractivity contribution is 5.92. The number of rotatable bonds is 16. The molecule has 8 atom stereocenters. The Morgan fingerprint density at radius 3 is 0.986 bits per heavy atom. The fourth-order valence-electron chi connectivity index (χ4n) is 21.9. The van der Waals surface area contributed by atoms with E-state index in [1.165, 1.54) is 24.3 Å². The summed E-state index contributed by atoms with van der Waals surface area (Å²) in [5, 5.41) is 19.7. The quantitative estimate of drug-likeness (QED) is 0.0417. The maximum atomic E-state index is 14.6. The number of anilines is 8. The van der Waals surface area contributed by atoms with Crippen LogP contribution in [0, 0.1) is 52.4 Å². The number of piperidine rings is 2. The summed E-state index contributed by atoms with van der Waals surface area (Å²) in [5.74, 6) is 9.36. The number of nitrogens with zero attached hydrogens (tertiary/aromatic N) is 20. The van der Waals surface area contributed by atoms with Gasteiger partial charge >= 0.3 is 24.0 Å². The molecule has 24 rings (SSSR count). The van der Waals surface area contributed by atoms with Crippen LogP contribution in [0.2, 0.25) is 0 Å². The predicted molar refractivity (Wildman–Crippen MR) is 535 cm³/mol. The molecule has 36 heteroatoms. The topological polar surface area (TPSA) is 380 Å². The van der Waals surface area contributed by atoms with Crippen molar-refractivity contribution < 1.29 is 36.5 Å². The second-order valence-corrected chi connectivity index (χ2v) is 43.5. The van der Waals surface area contributed by atoms with Gasteiger partial charge in [-0.15, -0.1) is 0 Å². The van der Waals surface area contributed by atoms with Crippen LogP contribution < -0.4 is 81.9 Å². The third kappa shape index (κ3) is 18.3. The van der Waals surface area contributed by atoms with Crippen LogP contribution in [-0.2, 0) is 47.3 Å². The van der Waals surface area contributed by atoms with Crippen LogP contribution >= 0.6 is 0 Å². The van der Waals surface area contributed by atoms with Crippen molar-refractivity contribution in [3.8, 4) is 91.5 Å². The predicted octanol–water partition coefficient (Wildman–Crippen LogP) is 16.1. The Morgan fingerprint density at radius 1 is 0.369 bits per heavy atom. The fourth-order valence-corrected chi connectivity index (χ4v) is 21.9. The second kappa shape index (κ2) is 36.3. The molecule has 12 aromatic rings. The van der Waals surface area contributed by atoms with E-state index in [4.69, 9.17) is 70.3 Å². The van der Waals surface area contributed by atoms with Gasteiger partial charge in [-0.2, -0.15) is 39.9 Å². The van der Waals surface area contributed by atoms with Crippen LogP contribution in [0.15, 0.2) is 98.1 Å². The SMILES string of the molecule is CNc1cc(F)cc2c1Cc1nc(Oc3cnc(C(C)(C)C)nc3)nc(N3CC4CCNC4C3)c1-2.CNc1cc(F)cc2c1Cc1nc(Oc3cnc(C(C)(C)C)nc3)nc(N3CCC4C(N)CC4C3)c1-2.CNc1cc(F)cc2c1Cc1nc(Oc3cnc(C(C)(C)C)nc3)nc(N3CCC4CNC4C3)c1-2.CNc1cc(F)cc2c1Cc1nc(Oc3cnc(C(C)(C)C)nc3)nc(N3C[C@H](N)C4(CC4)C3)c1-2. The molecule has 0 radical (unpaired) electrons. The van der Waals surface area contributed by atoms with Gasteiger partial charge in [0.2, 0.25) is 0 Å². The minimum Gasteiger partial charge on any atom is -0.421 e. The van der Waals surface area contributed by atoms with Crippen LogP contribution in [0.3, 0.4) is 0 Å². The summed E-state index contributed by atoms with van der Waals surface area (Å²) >= 11 is 0. The molecule has 7 unspecified atom stereocenters. The van der Waals surface area contributed by atoms with Gasteiger partial charge in [-0.25, -0.2) is 57.4 Å². The minimum absolute atomic E-state index is 0.0945. The molecule has 0 bridgehead atoms. The van der Waals surface area contributed by atoms with E-state index in [2.05, 4.69) is 174 Å². The fraction of sp³-hybridized carbons (Fsp3) is 0.467. The molecule has 6 saturated heterocycles. The summed E-state index contributed by atoms with van der Waals surface area (Å²) in [6, 6.07) is 14.8. The Hall–Kier alpha value is -13.3. The number of benzene rings is 4. The number of hydrogen-bond acceptors (Lipinski definition) is 32. The molecular formula is C105H122F4N28O4. The average Bonchev–Trinajstić information content (AvgIpc) is 1.57. The molecule has 14 heterocycles. The number of nitrogens with two attached hydrogens (primary N) is 2. The highest BCUT2D eigenvalue weighted by Gasteiger charge is 2.55. The zero-order valence-corrected chi connectivity index (χ0v) is 82.7. The average molecular weight is 1920 g/mol. The Morgan fingerprint density at radius 2 is 0.688 bits per heavy atom. The molecule has 6 aliphatic heterocycles. The molecule has 0 amide bonds. The van der Waals surface area contributed by atoms with Gasteiger partial charge < -0.3 is 81.9 Å². The molecule has 141 heavy (non-hydrogen) atoms. The Bertz CT molecular complexity index is 6650. The van der Waals surface area contributed by atoms with Crippen molar-refractivity contribution in [2.45, 2.75) is 193 Å². The lowest BCUT2D eigenvalue weighted by Gasteiger charge is -2.50. The first-order chi connectivity index (χ1) is 67.5. The van der Waals surface area contributed by atoms with Gasteiger partial charge in [0.15, 0.2) is 23.0 Å². The molecule has 6 aliphatic carbocycles. The zero-order chi connectivity index (χ0) is 98.4. The molecule has 8 fully saturated rings. The number of hydrogen-bond donors (Lipinski definition) is 8. The first-order valence-corrected chi connectivity index (χ1v) is 49.1. The van der Waals surface area contributed by atoms with E-state index in [1.807, 2.05) is 21.1 Å². The summed E-state index contributed by atoms with van der Waals surface area (Å²) in [6.45, 7) is 33.7. The van der Waals surface area contributed by atoms with Crippen molar-refractivity contribution in [3.05, 3.63) is 190 Å². The lowest BCUT2D eigenvalue weighted by Crippen LogP contribution is -2.62. The van der Waals surface area contributed by atoms with Crippen LogP contribution in [0.1, 0.15) is 190 Å². The van der Waals surface area contributed by atoms with Crippen LogP contribution in [0.25, 0.3) is 44.5 Å². The van der Waals surface area contributed by atoms with Crippen LogP contribution in [0.5, 0.6) is 47.0 Å². The monoisotopic (exact) mass is 1920 g/mol. The van der Waals surface area contributed by atoms with E-state index in [0.717, 1.165) is 262 Å². The lowest BCUT2D eigenvalue weighted by molar-refractivity contribution is 0.110. The molecule has 1 spiro atoms. The number of fused-ring (bicyclic) bond motifs is 15. The largest absolute Gasteiger partial charge is 0.421 e. The van der Waals surface area contributed by atoms with Gasteiger partial charge in [0.05, 0.1) is 72.4 Å². The number of nitrogens with one attached hydrogen (secondary N) is 6. The van der Waals surface area contributed by atoms with Crippen molar-refractivity contribution in [1.29, 1.82) is 0 Å². The van der Waals surface area contributed by atoms with Gasteiger partial charge in [-0.1, -0.05) is 83.1 Å². The summed E-state index contributed by atoms with van der Waals surface area (Å²) in [5.41, 5.74) is 29.8.